The van der Waals surface area contributed by atoms with Crippen LogP contribution in [0.3, 0.4) is 0 Å². The average Bonchev–Trinajstić information content (AvgIpc) is 3.19. The van der Waals surface area contributed by atoms with Crippen molar-refractivity contribution in [2.75, 3.05) is 13.1 Å². The van der Waals surface area contributed by atoms with Crippen LogP contribution in [0.5, 0.6) is 0 Å². The molecule has 1 atom stereocenters. The van der Waals surface area contributed by atoms with Gasteiger partial charge in [-0.05, 0) is 46.2 Å². The molecule has 1 saturated heterocycles. The Balaban J connectivity index is 0.00000169. The smallest absolute Gasteiger partial charge is 0.274 e. The van der Waals surface area contributed by atoms with Crippen LogP contribution in [0, 0.1) is 13.8 Å². The van der Waals surface area contributed by atoms with E-state index in [1.54, 1.807) is 11.3 Å². The summed E-state index contributed by atoms with van der Waals surface area (Å²) in [5.41, 5.74) is 2.24. The van der Waals surface area contributed by atoms with Gasteiger partial charge >= 0.3 is 0 Å². The number of nitrogens with zero attached hydrogens (tertiary/aromatic N) is 4. The molecule has 10 heteroatoms. The third-order valence-corrected chi connectivity index (χ3v) is 5.52. The number of halogens is 2. The van der Waals surface area contributed by atoms with Crippen molar-refractivity contribution in [3.63, 3.8) is 0 Å². The summed E-state index contributed by atoms with van der Waals surface area (Å²) in [7, 11) is 0. The van der Waals surface area contributed by atoms with Crippen molar-refractivity contribution in [1.82, 2.24) is 30.6 Å². The van der Waals surface area contributed by atoms with E-state index in [1.165, 1.54) is 0 Å². The SMILES string of the molecule is CCC(NC(=O)c1nnn(C2CCNCC2)c1C)c1nc(C)cs1.Cl.Cl. The molecule has 0 bridgehead atoms. The third kappa shape index (κ3) is 4.94. The molecule has 0 saturated carbocycles. The number of rotatable bonds is 5. The number of amides is 1. The quantitative estimate of drug-likeness (QED) is 0.776. The maximum Gasteiger partial charge on any atom is 0.274 e. The number of aryl methyl sites for hydroxylation is 1. The molecule has 0 radical (unpaired) electrons. The number of nitrogens with one attached hydrogen (secondary N) is 2. The van der Waals surface area contributed by atoms with Crippen molar-refractivity contribution in [2.45, 2.75) is 52.1 Å². The fraction of sp³-hybridized carbons (Fsp3) is 0.625. The lowest BCUT2D eigenvalue weighted by Crippen LogP contribution is -2.31. The highest BCUT2D eigenvalue weighted by Crippen LogP contribution is 2.23. The topological polar surface area (TPSA) is 84.7 Å². The molecule has 2 N–H and O–H groups in total. The van der Waals surface area contributed by atoms with Crippen LogP contribution in [0.1, 0.15) is 65.2 Å². The van der Waals surface area contributed by atoms with Crippen molar-refractivity contribution in [1.29, 1.82) is 0 Å². The van der Waals surface area contributed by atoms with E-state index in [-0.39, 0.29) is 36.8 Å². The molecule has 1 fully saturated rings. The van der Waals surface area contributed by atoms with Crippen LogP contribution in [0.4, 0.5) is 0 Å². The molecule has 2 aromatic heterocycles. The van der Waals surface area contributed by atoms with Gasteiger partial charge in [-0.1, -0.05) is 12.1 Å². The largest absolute Gasteiger partial charge is 0.341 e. The molecule has 26 heavy (non-hydrogen) atoms. The monoisotopic (exact) mass is 420 g/mol. The molecule has 1 amide bonds. The first kappa shape index (κ1) is 22.8. The summed E-state index contributed by atoms with van der Waals surface area (Å²) in [6, 6.07) is 0.239. The van der Waals surface area contributed by atoms with Crippen LogP contribution < -0.4 is 10.6 Å². The number of thiazole rings is 1. The molecule has 146 valence electrons. The molecule has 7 nitrogen and oxygen atoms in total. The normalized spacial score (nSPS) is 15.7. The zero-order valence-electron chi connectivity index (χ0n) is 15.2. The van der Waals surface area contributed by atoms with E-state index < -0.39 is 0 Å². The lowest BCUT2D eigenvalue weighted by molar-refractivity contribution is 0.0929. The van der Waals surface area contributed by atoms with E-state index in [9.17, 15) is 4.79 Å². The highest BCUT2D eigenvalue weighted by atomic mass is 35.5. The standard InChI is InChI=1S/C16H24N6OS.2ClH/c1-4-13(16-18-10(2)9-24-16)19-15(23)14-11(3)22(21-20-14)12-5-7-17-8-6-12;;/h9,12-13,17H,4-8H2,1-3H3,(H,19,23);2*1H. The summed E-state index contributed by atoms with van der Waals surface area (Å²) >= 11 is 1.58. The molecular weight excluding hydrogens is 395 g/mol. The number of carbonyl (C=O) groups is 1. The van der Waals surface area contributed by atoms with Crippen molar-refractivity contribution in [2.24, 2.45) is 0 Å². The number of hydrogen-bond acceptors (Lipinski definition) is 6. The minimum Gasteiger partial charge on any atom is -0.341 e. The Kier molecular flexibility index (Phi) is 8.95. The van der Waals surface area contributed by atoms with Gasteiger partial charge in [0.05, 0.1) is 17.8 Å². The molecule has 3 rings (SSSR count). The molecule has 1 aliphatic heterocycles. The average molecular weight is 421 g/mol. The lowest BCUT2D eigenvalue weighted by Gasteiger charge is -2.23. The zero-order valence-corrected chi connectivity index (χ0v) is 17.6. The number of aromatic nitrogens is 4. The van der Waals surface area contributed by atoms with Gasteiger partial charge in [-0.15, -0.1) is 41.2 Å². The fourth-order valence-electron chi connectivity index (χ4n) is 3.05. The van der Waals surface area contributed by atoms with Crippen LogP contribution in [0.15, 0.2) is 5.38 Å². The van der Waals surface area contributed by atoms with Crippen LogP contribution >= 0.6 is 36.2 Å². The molecule has 3 heterocycles. The predicted octanol–water partition coefficient (Wildman–Crippen LogP) is 3.00. The fourth-order valence-corrected chi connectivity index (χ4v) is 3.98. The van der Waals surface area contributed by atoms with Crippen LogP contribution in [-0.4, -0.2) is 39.0 Å². The second-order valence-electron chi connectivity index (χ2n) is 6.21. The molecule has 0 aromatic carbocycles. The first-order valence-electron chi connectivity index (χ1n) is 8.45. The minimum absolute atomic E-state index is 0. The minimum atomic E-state index is -0.174. The van der Waals surface area contributed by atoms with Gasteiger partial charge in [-0.3, -0.25) is 4.79 Å². The Morgan fingerprint density at radius 3 is 2.65 bits per heavy atom. The van der Waals surface area contributed by atoms with Gasteiger partial charge in [-0.25, -0.2) is 9.67 Å². The Morgan fingerprint density at radius 1 is 1.38 bits per heavy atom. The summed E-state index contributed by atoms with van der Waals surface area (Å²) in [6.07, 6.45) is 2.82. The van der Waals surface area contributed by atoms with Gasteiger partial charge in [-0.2, -0.15) is 0 Å². The van der Waals surface area contributed by atoms with E-state index in [1.807, 2.05) is 30.8 Å². The van der Waals surface area contributed by atoms with E-state index in [0.717, 1.165) is 48.7 Å². The van der Waals surface area contributed by atoms with Crippen LogP contribution in [0.25, 0.3) is 0 Å². The number of piperidine rings is 1. The first-order valence-corrected chi connectivity index (χ1v) is 9.33. The van der Waals surface area contributed by atoms with E-state index >= 15 is 0 Å². The van der Waals surface area contributed by atoms with Gasteiger partial charge in [0, 0.05) is 11.1 Å². The molecular formula is C16H26Cl2N6OS. The third-order valence-electron chi connectivity index (χ3n) is 4.45. The van der Waals surface area contributed by atoms with Gasteiger partial charge in [0.25, 0.3) is 5.91 Å². The summed E-state index contributed by atoms with van der Waals surface area (Å²) in [5, 5.41) is 17.7. The Hall–Kier alpha value is -1.22. The zero-order chi connectivity index (χ0) is 17.1. The van der Waals surface area contributed by atoms with E-state index in [4.69, 9.17) is 0 Å². The molecule has 0 spiro atoms. The number of carbonyl (C=O) groups excluding carboxylic acids is 1. The van der Waals surface area contributed by atoms with Gasteiger partial charge in [0.15, 0.2) is 5.69 Å². The van der Waals surface area contributed by atoms with Crippen molar-refractivity contribution in [3.05, 3.63) is 27.5 Å². The summed E-state index contributed by atoms with van der Waals surface area (Å²) < 4.78 is 1.91. The lowest BCUT2D eigenvalue weighted by atomic mass is 10.1. The van der Waals surface area contributed by atoms with Crippen LogP contribution in [-0.2, 0) is 0 Å². The van der Waals surface area contributed by atoms with Crippen molar-refractivity contribution < 1.29 is 4.79 Å². The number of hydrogen-bond donors (Lipinski definition) is 2. The molecule has 2 aromatic rings. The van der Waals surface area contributed by atoms with Gasteiger partial charge < -0.3 is 10.6 Å². The molecule has 0 aliphatic carbocycles. The Bertz CT molecular complexity index is 713. The summed E-state index contributed by atoms with van der Waals surface area (Å²) in [6.45, 7) is 7.88. The Morgan fingerprint density at radius 2 is 2.08 bits per heavy atom. The van der Waals surface area contributed by atoms with E-state index in [0.29, 0.717) is 11.7 Å². The molecule has 1 aliphatic rings. The van der Waals surface area contributed by atoms with Crippen molar-refractivity contribution in [3.8, 4) is 0 Å². The molecule has 1 unspecified atom stereocenters. The highest BCUT2D eigenvalue weighted by molar-refractivity contribution is 7.09. The highest BCUT2D eigenvalue weighted by Gasteiger charge is 2.25. The first-order chi connectivity index (χ1) is 11.6. The summed E-state index contributed by atoms with van der Waals surface area (Å²) in [4.78, 5) is 17.1. The summed E-state index contributed by atoms with van der Waals surface area (Å²) in [5.74, 6) is -0.174. The van der Waals surface area contributed by atoms with Crippen LogP contribution in [0.2, 0.25) is 0 Å². The van der Waals surface area contributed by atoms with Gasteiger partial charge in [0.1, 0.15) is 5.01 Å². The predicted molar refractivity (Wildman–Crippen MR) is 108 cm³/mol. The Labute approximate surface area is 170 Å². The van der Waals surface area contributed by atoms with Crippen molar-refractivity contribution >= 4 is 42.1 Å². The van der Waals surface area contributed by atoms with Gasteiger partial charge in [0.2, 0.25) is 0 Å². The maximum atomic E-state index is 12.6. The van der Waals surface area contributed by atoms with E-state index in [2.05, 4.69) is 25.9 Å². The maximum absolute atomic E-state index is 12.6. The second-order valence-corrected chi connectivity index (χ2v) is 7.10. The second kappa shape index (κ2) is 10.2.